The summed E-state index contributed by atoms with van der Waals surface area (Å²) in [7, 11) is 1.68. The zero-order chi connectivity index (χ0) is 12.1. The molecule has 0 fully saturated rings. The van der Waals surface area contributed by atoms with Gasteiger partial charge >= 0.3 is 0 Å². The predicted molar refractivity (Wildman–Crippen MR) is 68.0 cm³/mol. The number of methoxy groups -OCH3 is 1. The molecule has 1 aromatic carbocycles. The molecule has 1 heterocycles. The van der Waals surface area contributed by atoms with Crippen LogP contribution >= 0.6 is 0 Å². The molecule has 2 N–H and O–H groups in total. The Hall–Kier alpha value is -1.81. The van der Waals surface area contributed by atoms with Gasteiger partial charge in [0, 0.05) is 17.7 Å². The van der Waals surface area contributed by atoms with Crippen molar-refractivity contribution >= 4 is 0 Å². The summed E-state index contributed by atoms with van der Waals surface area (Å²) in [5.41, 5.74) is 3.21. The van der Waals surface area contributed by atoms with Crippen LogP contribution in [0.15, 0.2) is 30.5 Å². The van der Waals surface area contributed by atoms with E-state index in [1.165, 1.54) is 0 Å². The molecule has 0 aliphatic rings. The van der Waals surface area contributed by atoms with Crippen molar-refractivity contribution in [1.29, 1.82) is 0 Å². The molecule has 0 radical (unpaired) electrons. The highest BCUT2D eigenvalue weighted by atomic mass is 16.5. The Labute approximate surface area is 101 Å². The van der Waals surface area contributed by atoms with Gasteiger partial charge in [0.25, 0.3) is 0 Å². The van der Waals surface area contributed by atoms with Crippen LogP contribution in [0, 0.1) is 0 Å². The Morgan fingerprint density at radius 2 is 2.18 bits per heavy atom. The fraction of sp³-hybridized carbons (Fsp3) is 0.308. The molecule has 0 spiro atoms. The van der Waals surface area contributed by atoms with Crippen molar-refractivity contribution in [3.63, 3.8) is 0 Å². The lowest BCUT2D eigenvalue weighted by Gasteiger charge is -2.08. The molecule has 90 valence electrons. The smallest absolute Gasteiger partial charge is 0.128 e. The van der Waals surface area contributed by atoms with E-state index in [4.69, 9.17) is 4.74 Å². The first-order valence-electron chi connectivity index (χ1n) is 5.73. The van der Waals surface area contributed by atoms with Crippen molar-refractivity contribution in [3.8, 4) is 17.0 Å². The van der Waals surface area contributed by atoms with E-state index in [9.17, 15) is 0 Å². The fourth-order valence-corrected chi connectivity index (χ4v) is 1.79. The summed E-state index contributed by atoms with van der Waals surface area (Å²) in [5.74, 6) is 0.856. The zero-order valence-electron chi connectivity index (χ0n) is 10.2. The molecule has 17 heavy (non-hydrogen) atoms. The van der Waals surface area contributed by atoms with Gasteiger partial charge in [-0.3, -0.25) is 5.10 Å². The summed E-state index contributed by atoms with van der Waals surface area (Å²) in [6.07, 6.45) is 1.85. The Balaban J connectivity index is 2.35. The van der Waals surface area contributed by atoms with E-state index in [1.807, 2.05) is 30.5 Å². The lowest BCUT2D eigenvalue weighted by atomic mass is 10.1. The number of aromatic nitrogens is 2. The Morgan fingerprint density at radius 1 is 1.35 bits per heavy atom. The van der Waals surface area contributed by atoms with E-state index in [-0.39, 0.29) is 0 Å². The van der Waals surface area contributed by atoms with Crippen LogP contribution in [0.2, 0.25) is 0 Å². The van der Waals surface area contributed by atoms with Gasteiger partial charge in [0.1, 0.15) is 5.75 Å². The van der Waals surface area contributed by atoms with Crippen LogP contribution in [0.3, 0.4) is 0 Å². The molecule has 0 bridgehead atoms. The first-order valence-corrected chi connectivity index (χ1v) is 5.73. The molecule has 0 saturated carbocycles. The van der Waals surface area contributed by atoms with Crippen LogP contribution in [0.5, 0.6) is 5.75 Å². The van der Waals surface area contributed by atoms with Gasteiger partial charge in [-0.1, -0.05) is 19.1 Å². The number of aromatic amines is 1. The van der Waals surface area contributed by atoms with Crippen molar-refractivity contribution in [2.45, 2.75) is 13.5 Å². The van der Waals surface area contributed by atoms with Crippen molar-refractivity contribution < 1.29 is 4.74 Å². The molecule has 0 saturated heterocycles. The average molecular weight is 231 g/mol. The van der Waals surface area contributed by atoms with Gasteiger partial charge in [0.15, 0.2) is 0 Å². The number of hydrogen-bond donors (Lipinski definition) is 2. The number of rotatable bonds is 5. The van der Waals surface area contributed by atoms with Gasteiger partial charge in [0.2, 0.25) is 0 Å². The third kappa shape index (κ3) is 2.47. The summed E-state index contributed by atoms with van der Waals surface area (Å²) in [5, 5.41) is 10.4. The van der Waals surface area contributed by atoms with Gasteiger partial charge in [0.05, 0.1) is 19.0 Å². The maximum absolute atomic E-state index is 5.36. The number of benzene rings is 1. The second kappa shape index (κ2) is 5.50. The van der Waals surface area contributed by atoms with Crippen LogP contribution in [0.1, 0.15) is 12.5 Å². The fourth-order valence-electron chi connectivity index (χ4n) is 1.79. The van der Waals surface area contributed by atoms with E-state index >= 15 is 0 Å². The maximum atomic E-state index is 5.36. The van der Waals surface area contributed by atoms with Crippen molar-refractivity contribution in [1.82, 2.24) is 15.5 Å². The van der Waals surface area contributed by atoms with Crippen LogP contribution in [-0.4, -0.2) is 23.9 Å². The largest absolute Gasteiger partial charge is 0.496 e. The molecule has 1 aromatic heterocycles. The second-order valence-electron chi connectivity index (χ2n) is 3.75. The summed E-state index contributed by atoms with van der Waals surface area (Å²) >= 11 is 0. The molecular formula is C13H17N3O. The van der Waals surface area contributed by atoms with Gasteiger partial charge in [-0.15, -0.1) is 0 Å². The topological polar surface area (TPSA) is 49.9 Å². The van der Waals surface area contributed by atoms with Gasteiger partial charge in [-0.05, 0) is 18.7 Å². The van der Waals surface area contributed by atoms with E-state index < -0.39 is 0 Å². The third-order valence-corrected chi connectivity index (χ3v) is 2.66. The summed E-state index contributed by atoms with van der Waals surface area (Å²) in [4.78, 5) is 0. The Bertz CT molecular complexity index is 479. The number of nitrogens with zero attached hydrogens (tertiary/aromatic N) is 1. The van der Waals surface area contributed by atoms with Crippen molar-refractivity contribution in [2.75, 3.05) is 13.7 Å². The average Bonchev–Trinajstić information content (AvgIpc) is 2.84. The van der Waals surface area contributed by atoms with Crippen LogP contribution in [-0.2, 0) is 6.54 Å². The number of H-pyrrole nitrogens is 1. The summed E-state index contributed by atoms with van der Waals surface area (Å²) in [6, 6.07) is 7.94. The standard InChI is InChI=1S/C13H17N3O/c1-3-14-8-10-9-15-16-13(10)11-6-4-5-7-12(11)17-2/h4-7,9,14H,3,8H2,1-2H3,(H,15,16). The number of para-hydroxylation sites is 1. The van der Waals surface area contributed by atoms with Crippen LogP contribution in [0.4, 0.5) is 0 Å². The van der Waals surface area contributed by atoms with Crippen molar-refractivity contribution in [3.05, 3.63) is 36.0 Å². The van der Waals surface area contributed by atoms with Gasteiger partial charge < -0.3 is 10.1 Å². The minimum Gasteiger partial charge on any atom is -0.496 e. The molecule has 0 aliphatic heterocycles. The highest BCUT2D eigenvalue weighted by molar-refractivity contribution is 5.69. The molecule has 0 aliphatic carbocycles. The Kier molecular flexibility index (Phi) is 3.77. The summed E-state index contributed by atoms with van der Waals surface area (Å²) < 4.78 is 5.36. The maximum Gasteiger partial charge on any atom is 0.128 e. The normalized spacial score (nSPS) is 10.5. The SMILES string of the molecule is CCNCc1cn[nH]c1-c1ccccc1OC. The molecule has 2 aromatic rings. The van der Waals surface area contributed by atoms with E-state index in [2.05, 4.69) is 22.4 Å². The summed E-state index contributed by atoms with van der Waals surface area (Å²) in [6.45, 7) is 3.83. The Morgan fingerprint density at radius 3 is 2.94 bits per heavy atom. The van der Waals surface area contributed by atoms with E-state index in [1.54, 1.807) is 7.11 Å². The van der Waals surface area contributed by atoms with Crippen molar-refractivity contribution in [2.24, 2.45) is 0 Å². The van der Waals surface area contributed by atoms with Gasteiger partial charge in [-0.25, -0.2) is 0 Å². The van der Waals surface area contributed by atoms with E-state index in [0.717, 1.165) is 35.7 Å². The monoisotopic (exact) mass is 231 g/mol. The third-order valence-electron chi connectivity index (χ3n) is 2.66. The zero-order valence-corrected chi connectivity index (χ0v) is 10.2. The quantitative estimate of drug-likeness (QED) is 0.829. The predicted octanol–water partition coefficient (Wildman–Crippen LogP) is 2.19. The minimum absolute atomic E-state index is 0.806. The number of hydrogen-bond acceptors (Lipinski definition) is 3. The molecular weight excluding hydrogens is 214 g/mol. The first kappa shape index (κ1) is 11.7. The molecule has 4 nitrogen and oxygen atoms in total. The lowest BCUT2D eigenvalue weighted by molar-refractivity contribution is 0.416. The molecule has 0 atom stereocenters. The second-order valence-corrected chi connectivity index (χ2v) is 3.75. The molecule has 0 amide bonds. The van der Waals surface area contributed by atoms with E-state index in [0.29, 0.717) is 0 Å². The first-order chi connectivity index (χ1) is 8.36. The highest BCUT2D eigenvalue weighted by Gasteiger charge is 2.11. The molecule has 4 heteroatoms. The highest BCUT2D eigenvalue weighted by Crippen LogP contribution is 2.30. The molecule has 0 unspecified atom stereocenters. The lowest BCUT2D eigenvalue weighted by Crippen LogP contribution is -2.11. The number of nitrogens with one attached hydrogen (secondary N) is 2. The van der Waals surface area contributed by atoms with Crippen LogP contribution in [0.25, 0.3) is 11.3 Å². The molecule has 2 rings (SSSR count). The van der Waals surface area contributed by atoms with Crippen LogP contribution < -0.4 is 10.1 Å². The number of ether oxygens (including phenoxy) is 1. The minimum atomic E-state index is 0.806. The van der Waals surface area contributed by atoms with Gasteiger partial charge in [-0.2, -0.15) is 5.10 Å².